The maximum atomic E-state index is 12.9. The van der Waals surface area contributed by atoms with Crippen LogP contribution in [-0.4, -0.2) is 21.0 Å². The van der Waals surface area contributed by atoms with Gasteiger partial charge in [-0.3, -0.25) is 4.79 Å². The Kier molecular flexibility index (Phi) is 3.42. The van der Waals surface area contributed by atoms with Gasteiger partial charge < -0.3 is 10.1 Å². The van der Waals surface area contributed by atoms with Gasteiger partial charge in [-0.1, -0.05) is 12.1 Å². The molecule has 0 saturated heterocycles. The Morgan fingerprint density at radius 3 is 2.59 bits per heavy atom. The molecule has 0 aliphatic rings. The molecule has 0 radical (unpaired) electrons. The number of aromatic nitrogens is 2. The van der Waals surface area contributed by atoms with Crippen LogP contribution >= 0.6 is 0 Å². The standard InChI is InChI=1S/C16H11FN2O3/c17-11-4-1-9(2-5-11)7-14-15(20)19-12-6-3-10(16(21)22)8-13(12)18-14/h1-6,8H,7H2,(H,19,20)(H,21,22). The van der Waals surface area contributed by atoms with Crippen molar-refractivity contribution in [2.24, 2.45) is 0 Å². The summed E-state index contributed by atoms with van der Waals surface area (Å²) in [5, 5.41) is 8.99. The summed E-state index contributed by atoms with van der Waals surface area (Å²) in [7, 11) is 0. The van der Waals surface area contributed by atoms with Crippen molar-refractivity contribution in [1.29, 1.82) is 0 Å². The molecule has 0 aliphatic heterocycles. The second-order valence-corrected chi connectivity index (χ2v) is 4.85. The van der Waals surface area contributed by atoms with E-state index in [0.29, 0.717) is 11.0 Å². The van der Waals surface area contributed by atoms with Crippen LogP contribution in [0.5, 0.6) is 0 Å². The molecule has 3 aromatic rings. The lowest BCUT2D eigenvalue weighted by atomic mass is 10.1. The van der Waals surface area contributed by atoms with Crippen LogP contribution in [0.25, 0.3) is 11.0 Å². The minimum absolute atomic E-state index is 0.0970. The maximum absolute atomic E-state index is 12.9. The molecule has 0 amide bonds. The smallest absolute Gasteiger partial charge is 0.335 e. The number of carbonyl (C=O) groups is 1. The van der Waals surface area contributed by atoms with Crippen LogP contribution in [0.15, 0.2) is 47.3 Å². The van der Waals surface area contributed by atoms with Gasteiger partial charge in [-0.15, -0.1) is 0 Å². The van der Waals surface area contributed by atoms with Crippen LogP contribution in [0.3, 0.4) is 0 Å². The van der Waals surface area contributed by atoms with Crippen LogP contribution in [0.2, 0.25) is 0 Å². The fourth-order valence-electron chi connectivity index (χ4n) is 2.17. The normalized spacial score (nSPS) is 10.8. The van der Waals surface area contributed by atoms with Crippen molar-refractivity contribution in [3.05, 3.63) is 75.5 Å². The summed E-state index contributed by atoms with van der Waals surface area (Å²) in [6, 6.07) is 10.1. The lowest BCUT2D eigenvalue weighted by Crippen LogP contribution is -2.15. The Morgan fingerprint density at radius 1 is 1.18 bits per heavy atom. The molecule has 0 aliphatic carbocycles. The minimum atomic E-state index is -1.06. The van der Waals surface area contributed by atoms with Crippen molar-refractivity contribution >= 4 is 17.0 Å². The van der Waals surface area contributed by atoms with E-state index >= 15 is 0 Å². The monoisotopic (exact) mass is 298 g/mol. The Hall–Kier alpha value is -3.02. The fraction of sp³-hybridized carbons (Fsp3) is 0.0625. The van der Waals surface area contributed by atoms with Gasteiger partial charge in [0.1, 0.15) is 11.5 Å². The Balaban J connectivity index is 2.05. The Morgan fingerprint density at radius 2 is 1.91 bits per heavy atom. The van der Waals surface area contributed by atoms with Crippen LogP contribution < -0.4 is 5.56 Å². The number of halogens is 1. The molecule has 1 heterocycles. The zero-order valence-electron chi connectivity index (χ0n) is 11.3. The first kappa shape index (κ1) is 13.9. The molecule has 0 saturated carbocycles. The highest BCUT2D eigenvalue weighted by Gasteiger charge is 2.09. The largest absolute Gasteiger partial charge is 0.478 e. The number of carboxylic acids is 1. The number of nitrogens with zero attached hydrogens (tertiary/aromatic N) is 1. The van der Waals surface area contributed by atoms with E-state index in [1.165, 1.54) is 30.3 Å². The number of hydrogen-bond acceptors (Lipinski definition) is 3. The number of nitrogens with one attached hydrogen (secondary N) is 1. The third-order valence-corrected chi connectivity index (χ3v) is 3.30. The predicted octanol–water partition coefficient (Wildman–Crippen LogP) is 2.35. The molecule has 0 bridgehead atoms. The number of aromatic amines is 1. The molecule has 2 aromatic carbocycles. The number of hydrogen-bond donors (Lipinski definition) is 2. The highest BCUT2D eigenvalue weighted by atomic mass is 19.1. The SMILES string of the molecule is O=C(O)c1ccc2[nH]c(=O)c(Cc3ccc(F)cc3)nc2c1. The molecule has 0 fully saturated rings. The highest BCUT2D eigenvalue weighted by molar-refractivity contribution is 5.92. The Labute approximate surface area is 124 Å². The third-order valence-electron chi connectivity index (χ3n) is 3.30. The second-order valence-electron chi connectivity index (χ2n) is 4.85. The summed E-state index contributed by atoms with van der Waals surface area (Å²) < 4.78 is 12.9. The molecular weight excluding hydrogens is 287 g/mol. The van der Waals surface area contributed by atoms with Gasteiger partial charge in [0.25, 0.3) is 5.56 Å². The maximum Gasteiger partial charge on any atom is 0.335 e. The molecule has 0 spiro atoms. The first-order valence-corrected chi connectivity index (χ1v) is 6.53. The van der Waals surface area contributed by atoms with E-state index in [-0.39, 0.29) is 29.1 Å². The van der Waals surface area contributed by atoms with Crippen molar-refractivity contribution in [3.8, 4) is 0 Å². The summed E-state index contributed by atoms with van der Waals surface area (Å²) >= 11 is 0. The van der Waals surface area contributed by atoms with E-state index in [0.717, 1.165) is 5.56 Å². The van der Waals surface area contributed by atoms with Crippen LogP contribution in [0, 0.1) is 5.82 Å². The average molecular weight is 298 g/mol. The lowest BCUT2D eigenvalue weighted by Gasteiger charge is -2.04. The summed E-state index contributed by atoms with van der Waals surface area (Å²) in [5.41, 5.74) is 1.61. The van der Waals surface area contributed by atoms with Crippen LogP contribution in [0.4, 0.5) is 4.39 Å². The fourth-order valence-corrected chi connectivity index (χ4v) is 2.17. The van der Waals surface area contributed by atoms with Gasteiger partial charge in [0.15, 0.2) is 0 Å². The van der Waals surface area contributed by atoms with Crippen molar-refractivity contribution in [3.63, 3.8) is 0 Å². The number of benzene rings is 2. The van der Waals surface area contributed by atoms with E-state index < -0.39 is 5.97 Å². The molecule has 0 unspecified atom stereocenters. The van der Waals surface area contributed by atoms with Gasteiger partial charge in [0.2, 0.25) is 0 Å². The first-order valence-electron chi connectivity index (χ1n) is 6.53. The molecule has 0 atom stereocenters. The van der Waals surface area contributed by atoms with Crippen molar-refractivity contribution in [2.45, 2.75) is 6.42 Å². The molecule has 22 heavy (non-hydrogen) atoms. The van der Waals surface area contributed by atoms with E-state index in [9.17, 15) is 14.0 Å². The number of fused-ring (bicyclic) bond motifs is 1. The van der Waals surface area contributed by atoms with Gasteiger partial charge in [-0.2, -0.15) is 0 Å². The van der Waals surface area contributed by atoms with Gasteiger partial charge >= 0.3 is 5.97 Å². The van der Waals surface area contributed by atoms with E-state index in [1.54, 1.807) is 12.1 Å². The molecule has 5 nitrogen and oxygen atoms in total. The van der Waals surface area contributed by atoms with Gasteiger partial charge in [0, 0.05) is 6.42 Å². The molecule has 6 heteroatoms. The van der Waals surface area contributed by atoms with Crippen LogP contribution in [-0.2, 0) is 6.42 Å². The summed E-state index contributed by atoms with van der Waals surface area (Å²) in [6.45, 7) is 0. The molecule has 3 rings (SSSR count). The third kappa shape index (κ3) is 2.71. The quantitative estimate of drug-likeness (QED) is 0.777. The van der Waals surface area contributed by atoms with Crippen LogP contribution in [0.1, 0.15) is 21.6 Å². The molecule has 2 N–H and O–H groups in total. The zero-order chi connectivity index (χ0) is 15.7. The first-order chi connectivity index (χ1) is 10.5. The zero-order valence-corrected chi connectivity index (χ0v) is 11.3. The van der Waals surface area contributed by atoms with E-state index in [2.05, 4.69) is 9.97 Å². The van der Waals surface area contributed by atoms with Crippen molar-refractivity contribution in [1.82, 2.24) is 9.97 Å². The summed E-state index contributed by atoms with van der Waals surface area (Å²) in [4.78, 5) is 29.9. The van der Waals surface area contributed by atoms with Gasteiger partial charge in [-0.05, 0) is 35.9 Å². The number of rotatable bonds is 3. The molecule has 110 valence electrons. The van der Waals surface area contributed by atoms with Gasteiger partial charge in [-0.25, -0.2) is 14.2 Å². The molecule has 1 aromatic heterocycles. The van der Waals surface area contributed by atoms with Crippen molar-refractivity contribution < 1.29 is 14.3 Å². The minimum Gasteiger partial charge on any atom is -0.478 e. The van der Waals surface area contributed by atoms with Gasteiger partial charge in [0.05, 0.1) is 16.6 Å². The number of carboxylic acid groups (broad SMARTS) is 1. The predicted molar refractivity (Wildman–Crippen MR) is 78.5 cm³/mol. The highest BCUT2D eigenvalue weighted by Crippen LogP contribution is 2.13. The van der Waals surface area contributed by atoms with Crippen molar-refractivity contribution in [2.75, 3.05) is 0 Å². The molecular formula is C16H11FN2O3. The van der Waals surface area contributed by atoms with E-state index in [4.69, 9.17) is 5.11 Å². The second kappa shape index (κ2) is 5.40. The number of H-pyrrole nitrogens is 1. The Bertz CT molecular complexity index is 917. The number of aromatic carboxylic acids is 1. The summed E-state index contributed by atoms with van der Waals surface area (Å²) in [5.74, 6) is -1.41. The average Bonchev–Trinajstić information content (AvgIpc) is 2.49. The summed E-state index contributed by atoms with van der Waals surface area (Å²) in [6.07, 6.45) is 0.239. The van der Waals surface area contributed by atoms with E-state index in [1.807, 2.05) is 0 Å². The topological polar surface area (TPSA) is 83.0 Å². The lowest BCUT2D eigenvalue weighted by molar-refractivity contribution is 0.0697.